The molecule has 0 aliphatic carbocycles. The fourth-order valence-corrected chi connectivity index (χ4v) is 3.00. The van der Waals surface area contributed by atoms with Crippen LogP contribution in [0, 0.1) is 18.3 Å². The molecule has 92 valence electrons. The number of hydrogen-bond donors (Lipinski definition) is 0. The van der Waals surface area contributed by atoms with Crippen LogP contribution in [-0.4, -0.2) is 4.40 Å². The van der Waals surface area contributed by atoms with E-state index in [2.05, 4.69) is 53.2 Å². The first kappa shape index (κ1) is 12.0. The summed E-state index contributed by atoms with van der Waals surface area (Å²) in [5, 5.41) is 9.45. The van der Waals surface area contributed by atoms with Gasteiger partial charge in [-0.25, -0.2) is 0 Å². The van der Waals surface area contributed by atoms with Gasteiger partial charge in [-0.1, -0.05) is 35.9 Å². The molecule has 2 nitrogen and oxygen atoms in total. The van der Waals surface area contributed by atoms with E-state index in [0.29, 0.717) is 5.69 Å². The SMILES string of the molecule is Cc1ccc(-c2c(Br)c3ccccn3c2C#N)cc1. The average molecular weight is 311 g/mol. The van der Waals surface area contributed by atoms with Crippen LogP contribution in [0.3, 0.4) is 0 Å². The van der Waals surface area contributed by atoms with Crippen LogP contribution in [0.5, 0.6) is 0 Å². The predicted molar refractivity (Wildman–Crippen MR) is 80.0 cm³/mol. The molecule has 0 radical (unpaired) electrons. The zero-order valence-corrected chi connectivity index (χ0v) is 12.0. The van der Waals surface area contributed by atoms with Crippen molar-refractivity contribution in [3.05, 3.63) is 64.4 Å². The summed E-state index contributed by atoms with van der Waals surface area (Å²) < 4.78 is 2.88. The highest BCUT2D eigenvalue weighted by Crippen LogP contribution is 2.36. The molecule has 0 saturated heterocycles. The zero-order chi connectivity index (χ0) is 13.4. The third kappa shape index (κ3) is 1.85. The number of fused-ring (bicyclic) bond motifs is 1. The van der Waals surface area contributed by atoms with Gasteiger partial charge in [0.1, 0.15) is 11.8 Å². The summed E-state index contributed by atoms with van der Waals surface area (Å²) in [5.41, 5.74) is 4.88. The van der Waals surface area contributed by atoms with Crippen molar-refractivity contribution < 1.29 is 0 Å². The molecule has 0 aliphatic heterocycles. The summed E-state index contributed by atoms with van der Waals surface area (Å²) in [5.74, 6) is 0. The Hall–Kier alpha value is -2.05. The average Bonchev–Trinajstić information content (AvgIpc) is 2.73. The molecule has 1 aromatic carbocycles. The summed E-state index contributed by atoms with van der Waals surface area (Å²) in [4.78, 5) is 0. The van der Waals surface area contributed by atoms with Gasteiger partial charge in [0.15, 0.2) is 0 Å². The lowest BCUT2D eigenvalue weighted by Crippen LogP contribution is -1.87. The Kier molecular flexibility index (Phi) is 2.88. The molecule has 3 aromatic rings. The van der Waals surface area contributed by atoms with E-state index < -0.39 is 0 Å². The number of nitriles is 1. The van der Waals surface area contributed by atoms with E-state index in [-0.39, 0.29) is 0 Å². The summed E-state index contributed by atoms with van der Waals surface area (Å²) in [6, 6.07) is 16.4. The molecule has 3 heteroatoms. The van der Waals surface area contributed by atoms with Crippen LogP contribution in [0.1, 0.15) is 11.3 Å². The summed E-state index contributed by atoms with van der Waals surface area (Å²) in [6.45, 7) is 2.06. The Morgan fingerprint density at radius 2 is 1.84 bits per heavy atom. The van der Waals surface area contributed by atoms with Crippen molar-refractivity contribution in [2.75, 3.05) is 0 Å². The fourth-order valence-electron chi connectivity index (χ4n) is 2.26. The predicted octanol–water partition coefficient (Wildman–Crippen LogP) is 4.55. The van der Waals surface area contributed by atoms with E-state index >= 15 is 0 Å². The number of halogens is 1. The van der Waals surface area contributed by atoms with Crippen LogP contribution in [0.2, 0.25) is 0 Å². The van der Waals surface area contributed by atoms with Crippen LogP contribution >= 0.6 is 15.9 Å². The lowest BCUT2D eigenvalue weighted by Gasteiger charge is -2.01. The maximum Gasteiger partial charge on any atom is 0.133 e. The molecule has 0 N–H and O–H groups in total. The van der Waals surface area contributed by atoms with Gasteiger partial charge in [0.25, 0.3) is 0 Å². The lowest BCUT2D eigenvalue weighted by atomic mass is 10.0. The largest absolute Gasteiger partial charge is 0.307 e. The van der Waals surface area contributed by atoms with E-state index in [1.807, 2.05) is 28.8 Å². The van der Waals surface area contributed by atoms with Gasteiger partial charge in [-0.3, -0.25) is 0 Å². The molecular formula is C16H11BrN2. The van der Waals surface area contributed by atoms with Crippen molar-refractivity contribution in [2.45, 2.75) is 6.92 Å². The quantitative estimate of drug-likeness (QED) is 0.648. The van der Waals surface area contributed by atoms with E-state index in [1.165, 1.54) is 5.56 Å². The lowest BCUT2D eigenvalue weighted by molar-refractivity contribution is 1.16. The normalized spacial score (nSPS) is 10.6. The van der Waals surface area contributed by atoms with Gasteiger partial charge in [0, 0.05) is 11.8 Å². The minimum atomic E-state index is 0.659. The van der Waals surface area contributed by atoms with Crippen molar-refractivity contribution in [2.24, 2.45) is 0 Å². The number of aryl methyl sites for hydroxylation is 1. The Morgan fingerprint density at radius 1 is 1.11 bits per heavy atom. The second kappa shape index (κ2) is 4.56. The topological polar surface area (TPSA) is 28.2 Å². The van der Waals surface area contributed by atoms with E-state index in [0.717, 1.165) is 21.1 Å². The third-order valence-electron chi connectivity index (χ3n) is 3.23. The van der Waals surface area contributed by atoms with Gasteiger partial charge in [-0.05, 0) is 40.5 Å². The molecule has 0 atom stereocenters. The molecule has 2 heterocycles. The first-order valence-electron chi connectivity index (χ1n) is 5.98. The number of aromatic nitrogens is 1. The van der Waals surface area contributed by atoms with Crippen molar-refractivity contribution in [1.29, 1.82) is 5.26 Å². The third-order valence-corrected chi connectivity index (χ3v) is 4.03. The molecule has 0 saturated carbocycles. The molecule has 0 spiro atoms. The van der Waals surface area contributed by atoms with Crippen molar-refractivity contribution in [1.82, 2.24) is 4.40 Å². The monoisotopic (exact) mass is 310 g/mol. The van der Waals surface area contributed by atoms with Gasteiger partial charge in [-0.15, -0.1) is 0 Å². The number of benzene rings is 1. The smallest absolute Gasteiger partial charge is 0.133 e. The van der Waals surface area contributed by atoms with Crippen molar-refractivity contribution in [3.63, 3.8) is 0 Å². The van der Waals surface area contributed by atoms with Crippen LogP contribution in [-0.2, 0) is 0 Å². The molecule has 0 fully saturated rings. The Balaban J connectivity index is 2.38. The summed E-state index contributed by atoms with van der Waals surface area (Å²) in [6.07, 6.45) is 1.91. The van der Waals surface area contributed by atoms with Crippen molar-refractivity contribution >= 4 is 21.4 Å². The summed E-state index contributed by atoms with van der Waals surface area (Å²) in [7, 11) is 0. The molecule has 0 amide bonds. The van der Waals surface area contributed by atoms with Crippen LogP contribution < -0.4 is 0 Å². The second-order valence-electron chi connectivity index (χ2n) is 4.47. The zero-order valence-electron chi connectivity index (χ0n) is 10.4. The van der Waals surface area contributed by atoms with Crippen LogP contribution in [0.4, 0.5) is 0 Å². The number of rotatable bonds is 1. The van der Waals surface area contributed by atoms with E-state index in [9.17, 15) is 5.26 Å². The first-order chi connectivity index (χ1) is 9.22. The Morgan fingerprint density at radius 3 is 2.53 bits per heavy atom. The first-order valence-corrected chi connectivity index (χ1v) is 6.77. The van der Waals surface area contributed by atoms with Crippen LogP contribution in [0.15, 0.2) is 53.1 Å². The van der Waals surface area contributed by atoms with Crippen molar-refractivity contribution in [3.8, 4) is 17.2 Å². The van der Waals surface area contributed by atoms with E-state index in [1.54, 1.807) is 0 Å². The Bertz CT molecular complexity index is 792. The highest BCUT2D eigenvalue weighted by atomic mass is 79.9. The Labute approximate surface area is 120 Å². The number of hydrogen-bond acceptors (Lipinski definition) is 1. The minimum Gasteiger partial charge on any atom is -0.307 e. The van der Waals surface area contributed by atoms with Gasteiger partial charge in [0.05, 0.1) is 9.99 Å². The molecule has 0 bridgehead atoms. The minimum absolute atomic E-state index is 0.659. The second-order valence-corrected chi connectivity index (χ2v) is 5.26. The highest BCUT2D eigenvalue weighted by Gasteiger charge is 2.17. The van der Waals surface area contributed by atoms with E-state index in [4.69, 9.17) is 0 Å². The van der Waals surface area contributed by atoms with Gasteiger partial charge in [0.2, 0.25) is 0 Å². The molecule has 19 heavy (non-hydrogen) atoms. The number of nitrogens with zero attached hydrogens (tertiary/aromatic N) is 2. The number of pyridine rings is 1. The van der Waals surface area contributed by atoms with Gasteiger partial charge >= 0.3 is 0 Å². The standard InChI is InChI=1S/C16H11BrN2/c1-11-5-7-12(8-6-11)15-14(10-18)19-9-3-2-4-13(19)16(15)17/h2-9H,1H3. The fraction of sp³-hybridized carbons (Fsp3) is 0.0625. The molecule has 2 aromatic heterocycles. The van der Waals surface area contributed by atoms with Gasteiger partial charge < -0.3 is 4.40 Å². The maximum atomic E-state index is 9.45. The molecule has 3 rings (SSSR count). The molecule has 0 aliphatic rings. The van der Waals surface area contributed by atoms with Crippen LogP contribution in [0.25, 0.3) is 16.6 Å². The molecular weight excluding hydrogens is 300 g/mol. The molecule has 0 unspecified atom stereocenters. The van der Waals surface area contributed by atoms with Gasteiger partial charge in [-0.2, -0.15) is 5.26 Å². The summed E-state index contributed by atoms with van der Waals surface area (Å²) >= 11 is 3.63. The highest BCUT2D eigenvalue weighted by molar-refractivity contribution is 9.10. The maximum absolute atomic E-state index is 9.45.